The van der Waals surface area contributed by atoms with E-state index in [4.69, 9.17) is 17.3 Å². The van der Waals surface area contributed by atoms with Gasteiger partial charge in [-0.25, -0.2) is 4.79 Å². The first kappa shape index (κ1) is 12.6. The average molecular weight is 244 g/mol. The topological polar surface area (TPSA) is 87.4 Å². The minimum Gasteiger partial charge on any atom is -0.506 e. The zero-order valence-corrected chi connectivity index (χ0v) is 9.42. The van der Waals surface area contributed by atoms with E-state index in [1.807, 2.05) is 0 Å². The molecule has 0 aliphatic rings. The van der Waals surface area contributed by atoms with Gasteiger partial charge >= 0.3 is 6.03 Å². The number of carbonyl (C=O) groups excluding carboxylic acids is 1. The largest absolute Gasteiger partial charge is 0.506 e. The SMILES string of the molecule is NC(=O)NCCNCc1ccc(O)c(Cl)c1. The number of phenols is 1. The molecule has 0 aliphatic carbocycles. The average Bonchev–Trinajstić information content (AvgIpc) is 2.22. The van der Waals surface area contributed by atoms with Crippen LogP contribution in [-0.2, 0) is 6.54 Å². The summed E-state index contributed by atoms with van der Waals surface area (Å²) in [6.45, 7) is 1.70. The second-order valence-corrected chi connectivity index (χ2v) is 3.66. The highest BCUT2D eigenvalue weighted by Gasteiger charge is 1.99. The molecule has 0 spiro atoms. The van der Waals surface area contributed by atoms with E-state index in [9.17, 15) is 9.90 Å². The molecule has 0 bridgehead atoms. The minimum atomic E-state index is -0.533. The van der Waals surface area contributed by atoms with Crippen LogP contribution in [0.2, 0.25) is 5.02 Å². The molecule has 0 heterocycles. The number of nitrogens with one attached hydrogen (secondary N) is 2. The van der Waals surface area contributed by atoms with Gasteiger partial charge < -0.3 is 21.5 Å². The fourth-order valence-corrected chi connectivity index (χ4v) is 1.37. The van der Waals surface area contributed by atoms with Crippen LogP contribution in [-0.4, -0.2) is 24.2 Å². The predicted octanol–water partition coefficient (Wildman–Crippen LogP) is 0.804. The number of carbonyl (C=O) groups is 1. The van der Waals surface area contributed by atoms with Crippen molar-refractivity contribution < 1.29 is 9.90 Å². The van der Waals surface area contributed by atoms with Crippen molar-refractivity contribution in [2.75, 3.05) is 13.1 Å². The van der Waals surface area contributed by atoms with Crippen LogP contribution < -0.4 is 16.4 Å². The molecule has 6 heteroatoms. The van der Waals surface area contributed by atoms with Crippen LogP contribution in [0.15, 0.2) is 18.2 Å². The van der Waals surface area contributed by atoms with Gasteiger partial charge in [-0.15, -0.1) is 0 Å². The molecular weight excluding hydrogens is 230 g/mol. The Hall–Kier alpha value is -1.46. The predicted molar refractivity (Wildman–Crippen MR) is 62.4 cm³/mol. The molecule has 0 radical (unpaired) electrons. The van der Waals surface area contributed by atoms with E-state index in [0.717, 1.165) is 5.56 Å². The van der Waals surface area contributed by atoms with Crippen molar-refractivity contribution in [3.8, 4) is 5.75 Å². The van der Waals surface area contributed by atoms with Gasteiger partial charge in [0.15, 0.2) is 0 Å². The Labute approximate surface area is 98.6 Å². The Morgan fingerprint density at radius 1 is 1.44 bits per heavy atom. The Balaban J connectivity index is 2.27. The van der Waals surface area contributed by atoms with Crippen LogP contribution in [0.3, 0.4) is 0 Å². The molecule has 0 unspecified atom stereocenters. The summed E-state index contributed by atoms with van der Waals surface area (Å²) in [7, 11) is 0. The maximum Gasteiger partial charge on any atom is 0.312 e. The second kappa shape index (κ2) is 6.19. The van der Waals surface area contributed by atoms with Gasteiger partial charge in [-0.3, -0.25) is 0 Å². The Morgan fingerprint density at radius 3 is 2.81 bits per heavy atom. The normalized spacial score (nSPS) is 10.1. The third-order valence-corrected chi connectivity index (χ3v) is 2.24. The van der Waals surface area contributed by atoms with Crippen LogP contribution in [0.1, 0.15) is 5.56 Å². The van der Waals surface area contributed by atoms with Crippen molar-refractivity contribution >= 4 is 17.6 Å². The highest BCUT2D eigenvalue weighted by molar-refractivity contribution is 6.32. The fraction of sp³-hybridized carbons (Fsp3) is 0.300. The van der Waals surface area contributed by atoms with E-state index < -0.39 is 6.03 Å². The van der Waals surface area contributed by atoms with Crippen LogP contribution >= 0.6 is 11.6 Å². The lowest BCUT2D eigenvalue weighted by atomic mass is 10.2. The summed E-state index contributed by atoms with van der Waals surface area (Å²) in [5, 5.41) is 15.1. The summed E-state index contributed by atoms with van der Waals surface area (Å²) in [5.74, 6) is 0.0702. The third-order valence-electron chi connectivity index (χ3n) is 1.94. The number of aromatic hydroxyl groups is 1. The Bertz CT molecular complexity index is 371. The molecule has 1 aromatic rings. The van der Waals surface area contributed by atoms with Crippen molar-refractivity contribution in [1.29, 1.82) is 0 Å². The summed E-state index contributed by atoms with van der Waals surface area (Å²) in [4.78, 5) is 10.4. The van der Waals surface area contributed by atoms with Crippen molar-refractivity contribution in [3.63, 3.8) is 0 Å². The number of halogens is 1. The number of phenolic OH excluding ortho intramolecular Hbond substituents is 1. The summed E-state index contributed by atoms with van der Waals surface area (Å²) in [6, 6.07) is 4.47. The molecule has 0 atom stereocenters. The van der Waals surface area contributed by atoms with Crippen molar-refractivity contribution in [2.45, 2.75) is 6.54 Å². The smallest absolute Gasteiger partial charge is 0.312 e. The Kier molecular flexibility index (Phi) is 4.88. The van der Waals surface area contributed by atoms with Crippen LogP contribution in [0.4, 0.5) is 4.79 Å². The summed E-state index contributed by atoms with van der Waals surface area (Å²) >= 11 is 5.74. The van der Waals surface area contributed by atoms with Crippen LogP contribution in [0, 0.1) is 0 Å². The molecule has 1 aromatic carbocycles. The molecule has 88 valence electrons. The maximum absolute atomic E-state index is 10.4. The van der Waals surface area contributed by atoms with Gasteiger partial charge in [0.2, 0.25) is 0 Å². The maximum atomic E-state index is 10.4. The van der Waals surface area contributed by atoms with E-state index in [0.29, 0.717) is 24.7 Å². The van der Waals surface area contributed by atoms with E-state index in [-0.39, 0.29) is 5.75 Å². The lowest BCUT2D eigenvalue weighted by molar-refractivity contribution is 0.249. The quantitative estimate of drug-likeness (QED) is 0.577. The van der Waals surface area contributed by atoms with Gasteiger partial charge in [-0.1, -0.05) is 17.7 Å². The van der Waals surface area contributed by atoms with Gasteiger partial charge in [0.25, 0.3) is 0 Å². The van der Waals surface area contributed by atoms with Gasteiger partial charge in [0.1, 0.15) is 5.75 Å². The number of nitrogens with two attached hydrogens (primary N) is 1. The molecule has 5 nitrogen and oxygen atoms in total. The highest BCUT2D eigenvalue weighted by atomic mass is 35.5. The van der Waals surface area contributed by atoms with E-state index in [2.05, 4.69) is 10.6 Å². The molecule has 1 rings (SSSR count). The number of hydrogen-bond donors (Lipinski definition) is 4. The molecule has 5 N–H and O–H groups in total. The number of amides is 2. The zero-order valence-electron chi connectivity index (χ0n) is 8.66. The van der Waals surface area contributed by atoms with Gasteiger partial charge in [-0.05, 0) is 17.7 Å². The van der Waals surface area contributed by atoms with Crippen LogP contribution in [0.5, 0.6) is 5.75 Å². The number of urea groups is 1. The molecule has 2 amide bonds. The first-order chi connectivity index (χ1) is 7.59. The molecule has 0 aliphatic heterocycles. The van der Waals surface area contributed by atoms with Crippen molar-refractivity contribution in [2.24, 2.45) is 5.73 Å². The lowest BCUT2D eigenvalue weighted by Crippen LogP contribution is -2.35. The number of primary amides is 1. The minimum absolute atomic E-state index is 0.0702. The van der Waals surface area contributed by atoms with Gasteiger partial charge in [0.05, 0.1) is 5.02 Å². The number of hydrogen-bond acceptors (Lipinski definition) is 3. The number of benzene rings is 1. The van der Waals surface area contributed by atoms with Crippen molar-refractivity contribution in [1.82, 2.24) is 10.6 Å². The summed E-state index contributed by atoms with van der Waals surface area (Å²) in [6.07, 6.45) is 0. The zero-order chi connectivity index (χ0) is 12.0. The first-order valence-corrected chi connectivity index (χ1v) is 5.19. The van der Waals surface area contributed by atoms with E-state index >= 15 is 0 Å². The summed E-state index contributed by atoms with van der Waals surface area (Å²) < 4.78 is 0. The standard InChI is InChI=1S/C10H14ClN3O2/c11-8-5-7(1-2-9(8)15)6-13-3-4-14-10(12)16/h1-2,5,13,15H,3-4,6H2,(H3,12,14,16). The first-order valence-electron chi connectivity index (χ1n) is 4.81. The van der Waals surface area contributed by atoms with Gasteiger partial charge in [0, 0.05) is 19.6 Å². The second-order valence-electron chi connectivity index (χ2n) is 3.25. The van der Waals surface area contributed by atoms with E-state index in [1.54, 1.807) is 18.2 Å². The van der Waals surface area contributed by atoms with E-state index in [1.165, 1.54) is 0 Å². The number of rotatable bonds is 5. The molecular formula is C10H14ClN3O2. The fourth-order valence-electron chi connectivity index (χ4n) is 1.17. The van der Waals surface area contributed by atoms with Gasteiger partial charge in [-0.2, -0.15) is 0 Å². The lowest BCUT2D eigenvalue weighted by Gasteiger charge is -2.06. The Morgan fingerprint density at radius 2 is 2.19 bits per heavy atom. The monoisotopic (exact) mass is 243 g/mol. The summed E-state index contributed by atoms with van der Waals surface area (Å²) in [5.41, 5.74) is 5.86. The van der Waals surface area contributed by atoms with Crippen LogP contribution in [0.25, 0.3) is 0 Å². The third kappa shape index (κ3) is 4.37. The molecule has 0 aromatic heterocycles. The van der Waals surface area contributed by atoms with Crippen molar-refractivity contribution in [3.05, 3.63) is 28.8 Å². The highest BCUT2D eigenvalue weighted by Crippen LogP contribution is 2.23. The molecule has 0 saturated heterocycles. The molecule has 0 saturated carbocycles. The molecule has 16 heavy (non-hydrogen) atoms. The molecule has 0 fully saturated rings.